The Balaban J connectivity index is 0.000000423. The Morgan fingerprint density at radius 3 is 2.61 bits per heavy atom. The van der Waals surface area contributed by atoms with Crippen LogP contribution in [-0.4, -0.2) is 49.3 Å². The molecule has 1 aromatic heterocycles. The summed E-state index contributed by atoms with van der Waals surface area (Å²) in [7, 11) is -3.47. The minimum Gasteiger partial charge on any atom is -0.489 e. The van der Waals surface area contributed by atoms with Crippen LogP contribution in [0.2, 0.25) is 5.02 Å². The van der Waals surface area contributed by atoms with E-state index in [2.05, 4.69) is 17.2 Å². The highest BCUT2D eigenvalue weighted by molar-refractivity contribution is 7.90. The molecule has 2 N–H and O–H groups in total. The second-order valence-corrected chi connectivity index (χ2v) is 10.1. The predicted molar refractivity (Wildman–Crippen MR) is 109 cm³/mol. The number of hydrogen-bond donors (Lipinski definition) is 2. The van der Waals surface area contributed by atoms with E-state index < -0.39 is 22.0 Å². The molecule has 0 radical (unpaired) electrons. The first kappa shape index (κ1) is 25.4. The number of rotatable bonds is 5. The largest absolute Gasteiger partial charge is 0.490 e. The standard InChI is InChI=1S/C16H19ClN2O3S2.C2HF3O2/c1-11-8-12(4-5-18-11)22-15-3-2-13(9-14(15)17)24(20,21)10-16-19-6-7-23-16;3-2(4,5)1(6)7/h2-3,6-7,9,11-12,18H,4-5,8,10H2,1H3;(H,6,7)/t11-,12+;/m1./s1. The number of carbonyl (C=O) groups is 1. The van der Waals surface area contributed by atoms with Crippen LogP contribution in [-0.2, 0) is 20.4 Å². The van der Waals surface area contributed by atoms with Gasteiger partial charge in [0.25, 0.3) is 0 Å². The molecule has 0 amide bonds. The van der Waals surface area contributed by atoms with Gasteiger partial charge in [-0.25, -0.2) is 18.2 Å². The second-order valence-electron chi connectivity index (χ2n) is 6.70. The Morgan fingerprint density at radius 1 is 1.42 bits per heavy atom. The van der Waals surface area contributed by atoms with Crippen molar-refractivity contribution >= 4 is 38.7 Å². The van der Waals surface area contributed by atoms with Gasteiger partial charge in [-0.3, -0.25) is 0 Å². The molecule has 3 rings (SSSR count). The van der Waals surface area contributed by atoms with Crippen molar-refractivity contribution in [1.82, 2.24) is 10.3 Å². The normalized spacial score (nSPS) is 19.3. The molecule has 0 saturated carbocycles. The van der Waals surface area contributed by atoms with Crippen molar-refractivity contribution < 1.29 is 36.2 Å². The van der Waals surface area contributed by atoms with Crippen LogP contribution in [0.5, 0.6) is 5.75 Å². The molecule has 0 unspecified atom stereocenters. The van der Waals surface area contributed by atoms with E-state index in [0.717, 1.165) is 19.4 Å². The summed E-state index contributed by atoms with van der Waals surface area (Å²) in [6.07, 6.45) is -1.58. The van der Waals surface area contributed by atoms with Gasteiger partial charge in [0.15, 0.2) is 9.84 Å². The van der Waals surface area contributed by atoms with Crippen LogP contribution in [0.4, 0.5) is 13.2 Å². The number of thiazole rings is 1. The van der Waals surface area contributed by atoms with E-state index in [1.54, 1.807) is 23.7 Å². The van der Waals surface area contributed by atoms with Crippen molar-refractivity contribution in [3.05, 3.63) is 39.8 Å². The third-order valence-corrected chi connectivity index (χ3v) is 7.05. The number of sulfone groups is 1. The third kappa shape index (κ3) is 7.95. The maximum Gasteiger partial charge on any atom is 0.490 e. The highest BCUT2D eigenvalue weighted by Crippen LogP contribution is 2.31. The smallest absolute Gasteiger partial charge is 0.489 e. The van der Waals surface area contributed by atoms with E-state index in [4.69, 9.17) is 26.2 Å². The monoisotopic (exact) mass is 500 g/mol. The molecular formula is C18H20ClF3N2O5S2. The van der Waals surface area contributed by atoms with E-state index in [-0.39, 0.29) is 16.8 Å². The number of halogens is 4. The molecular weight excluding hydrogens is 481 g/mol. The second kappa shape index (κ2) is 10.6. The number of alkyl halides is 3. The predicted octanol–water partition coefficient (Wildman–Crippen LogP) is 3.92. The fraction of sp³-hybridized carbons (Fsp3) is 0.444. The lowest BCUT2D eigenvalue weighted by Crippen LogP contribution is -2.40. The zero-order valence-corrected chi connectivity index (χ0v) is 18.6. The third-order valence-electron chi connectivity index (χ3n) is 4.17. The van der Waals surface area contributed by atoms with Crippen LogP contribution in [0.3, 0.4) is 0 Å². The van der Waals surface area contributed by atoms with Gasteiger partial charge in [0.2, 0.25) is 0 Å². The first-order valence-corrected chi connectivity index (χ1v) is 11.9. The van der Waals surface area contributed by atoms with Gasteiger partial charge in [0.1, 0.15) is 22.6 Å². The number of ether oxygens (including phenoxy) is 1. The molecule has 1 aromatic carbocycles. The molecule has 2 heterocycles. The van der Waals surface area contributed by atoms with Crippen molar-refractivity contribution in [3.8, 4) is 5.75 Å². The summed E-state index contributed by atoms with van der Waals surface area (Å²) in [5.74, 6) is -2.34. The molecule has 31 heavy (non-hydrogen) atoms. The summed E-state index contributed by atoms with van der Waals surface area (Å²) in [5, 5.41) is 13.1. The van der Waals surface area contributed by atoms with Crippen molar-refractivity contribution in [1.29, 1.82) is 0 Å². The van der Waals surface area contributed by atoms with Crippen LogP contribution in [0, 0.1) is 0 Å². The van der Waals surface area contributed by atoms with Crippen LogP contribution < -0.4 is 10.1 Å². The number of carboxylic acid groups (broad SMARTS) is 1. The van der Waals surface area contributed by atoms with E-state index in [1.807, 2.05) is 0 Å². The van der Waals surface area contributed by atoms with Crippen LogP contribution in [0.25, 0.3) is 0 Å². The summed E-state index contributed by atoms with van der Waals surface area (Å²) in [4.78, 5) is 13.1. The van der Waals surface area contributed by atoms with E-state index in [9.17, 15) is 21.6 Å². The van der Waals surface area contributed by atoms with Gasteiger partial charge in [0, 0.05) is 17.6 Å². The first-order chi connectivity index (χ1) is 14.4. The summed E-state index contributed by atoms with van der Waals surface area (Å²) in [5.41, 5.74) is 0. The van der Waals surface area contributed by atoms with Gasteiger partial charge >= 0.3 is 12.1 Å². The van der Waals surface area contributed by atoms with Crippen LogP contribution in [0.1, 0.15) is 24.8 Å². The van der Waals surface area contributed by atoms with Crippen molar-refractivity contribution in [2.24, 2.45) is 0 Å². The number of aromatic nitrogens is 1. The van der Waals surface area contributed by atoms with E-state index in [0.29, 0.717) is 21.8 Å². The molecule has 7 nitrogen and oxygen atoms in total. The van der Waals surface area contributed by atoms with Gasteiger partial charge in [-0.1, -0.05) is 11.6 Å². The number of nitrogens with zero attached hydrogens (tertiary/aromatic N) is 1. The lowest BCUT2D eigenvalue weighted by molar-refractivity contribution is -0.192. The highest BCUT2D eigenvalue weighted by atomic mass is 35.5. The molecule has 13 heteroatoms. The lowest BCUT2D eigenvalue weighted by atomic mass is 10.0. The highest BCUT2D eigenvalue weighted by Gasteiger charge is 2.38. The number of aliphatic carboxylic acids is 1. The van der Waals surface area contributed by atoms with Crippen LogP contribution in [0.15, 0.2) is 34.7 Å². The van der Waals surface area contributed by atoms with Crippen molar-refractivity contribution in [2.75, 3.05) is 6.54 Å². The first-order valence-electron chi connectivity index (χ1n) is 8.99. The Hall–Kier alpha value is -1.89. The summed E-state index contributed by atoms with van der Waals surface area (Å²) < 4.78 is 62.6. The zero-order valence-electron chi connectivity index (χ0n) is 16.2. The van der Waals surface area contributed by atoms with Gasteiger partial charge < -0.3 is 15.2 Å². The quantitative estimate of drug-likeness (QED) is 0.641. The molecule has 1 aliphatic heterocycles. The maximum absolute atomic E-state index is 12.5. The van der Waals surface area contributed by atoms with E-state index >= 15 is 0 Å². The zero-order chi connectivity index (χ0) is 23.2. The molecule has 0 aliphatic carbocycles. The molecule has 2 aromatic rings. The fourth-order valence-electron chi connectivity index (χ4n) is 2.71. The van der Waals surface area contributed by atoms with Crippen molar-refractivity contribution in [3.63, 3.8) is 0 Å². The maximum atomic E-state index is 12.5. The molecule has 172 valence electrons. The molecule has 1 aliphatic rings. The molecule has 0 spiro atoms. The average Bonchev–Trinajstić information content (AvgIpc) is 3.15. The Morgan fingerprint density at radius 2 is 2.10 bits per heavy atom. The Labute approximate surface area is 186 Å². The SMILES string of the molecule is C[C@@H]1C[C@@H](Oc2ccc(S(=O)(=O)Cc3nccs3)cc2Cl)CCN1.O=C(O)C(F)(F)F. The molecule has 1 saturated heterocycles. The fourth-order valence-corrected chi connectivity index (χ4v) is 5.28. The summed E-state index contributed by atoms with van der Waals surface area (Å²) >= 11 is 7.58. The summed E-state index contributed by atoms with van der Waals surface area (Å²) in [6, 6.07) is 5.06. The average molecular weight is 501 g/mol. The van der Waals surface area contributed by atoms with Crippen molar-refractivity contribution in [2.45, 2.75) is 48.7 Å². The number of piperidine rings is 1. The minimum absolute atomic E-state index is 0.0940. The van der Waals surface area contributed by atoms with Gasteiger partial charge in [-0.05, 0) is 44.5 Å². The Kier molecular flexibility index (Phi) is 8.69. The molecule has 2 atom stereocenters. The summed E-state index contributed by atoms with van der Waals surface area (Å²) in [6.45, 7) is 3.02. The van der Waals surface area contributed by atoms with Gasteiger partial charge in [-0.15, -0.1) is 11.3 Å². The number of benzene rings is 1. The van der Waals surface area contributed by atoms with Gasteiger partial charge in [-0.2, -0.15) is 13.2 Å². The number of hydrogen-bond acceptors (Lipinski definition) is 7. The minimum atomic E-state index is -5.08. The van der Waals surface area contributed by atoms with E-state index in [1.165, 1.54) is 17.4 Å². The van der Waals surface area contributed by atoms with Gasteiger partial charge in [0.05, 0.1) is 9.92 Å². The lowest BCUT2D eigenvalue weighted by Gasteiger charge is -2.28. The van der Waals surface area contributed by atoms with Crippen LogP contribution >= 0.6 is 22.9 Å². The number of nitrogens with one attached hydrogen (secondary N) is 1. The molecule has 0 bridgehead atoms. The topological polar surface area (TPSA) is 106 Å². The molecule has 1 fully saturated rings. The Bertz CT molecular complexity index is 985. The number of carboxylic acids is 1.